The van der Waals surface area contributed by atoms with Gasteiger partial charge in [0.25, 0.3) is 0 Å². The maximum Gasteiger partial charge on any atom is 0.191 e. The van der Waals surface area contributed by atoms with E-state index in [-0.39, 0.29) is 24.0 Å². The molecule has 3 rings (SSSR count). The van der Waals surface area contributed by atoms with Crippen LogP contribution in [-0.4, -0.2) is 18.0 Å². The van der Waals surface area contributed by atoms with Crippen LogP contribution in [0.25, 0.3) is 0 Å². The first kappa shape index (κ1) is 23.3. The predicted molar refractivity (Wildman–Crippen MR) is 131 cm³/mol. The molecule has 0 saturated heterocycles. The van der Waals surface area contributed by atoms with Gasteiger partial charge < -0.3 is 15.4 Å². The van der Waals surface area contributed by atoms with Crippen molar-refractivity contribution in [3.8, 4) is 0 Å². The number of halogens is 1. The lowest BCUT2D eigenvalue weighted by molar-refractivity contribution is 0.107. The van der Waals surface area contributed by atoms with Gasteiger partial charge in [0.1, 0.15) is 5.01 Å². The molecule has 0 saturated carbocycles. The summed E-state index contributed by atoms with van der Waals surface area (Å²) in [6.07, 6.45) is 1.89. The summed E-state index contributed by atoms with van der Waals surface area (Å²) in [6, 6.07) is 18.6. The fraction of sp³-hybridized carbons (Fsp3) is 0.273. The Balaban J connectivity index is 0.00000300. The highest BCUT2D eigenvalue weighted by atomic mass is 127. The van der Waals surface area contributed by atoms with E-state index in [4.69, 9.17) is 4.74 Å². The van der Waals surface area contributed by atoms with Crippen LogP contribution < -0.4 is 10.6 Å². The van der Waals surface area contributed by atoms with Crippen molar-refractivity contribution in [1.29, 1.82) is 0 Å². The van der Waals surface area contributed by atoms with Gasteiger partial charge in [0.15, 0.2) is 5.96 Å². The number of ether oxygens (including phenoxy) is 1. The van der Waals surface area contributed by atoms with Crippen molar-refractivity contribution in [2.45, 2.75) is 33.2 Å². The number of hydrogen-bond donors (Lipinski definition) is 2. The van der Waals surface area contributed by atoms with Gasteiger partial charge in [-0.25, -0.2) is 4.98 Å². The molecule has 0 bridgehead atoms. The summed E-state index contributed by atoms with van der Waals surface area (Å²) in [5.41, 5.74) is 3.54. The quantitative estimate of drug-likeness (QED) is 0.257. The van der Waals surface area contributed by atoms with Crippen molar-refractivity contribution in [2.24, 2.45) is 4.99 Å². The number of aryl methyl sites for hydroxylation is 1. The molecule has 2 N–H and O–H groups in total. The number of aromatic nitrogens is 1. The molecule has 0 fully saturated rings. The number of hydrogen-bond acceptors (Lipinski definition) is 4. The Hall–Kier alpha value is -1.97. The zero-order valence-corrected chi connectivity index (χ0v) is 19.9. The summed E-state index contributed by atoms with van der Waals surface area (Å²) in [6.45, 7) is 4.65. The van der Waals surface area contributed by atoms with Crippen LogP contribution in [0.15, 0.2) is 65.8 Å². The minimum atomic E-state index is 0. The zero-order valence-electron chi connectivity index (χ0n) is 16.7. The SMILES string of the molecule is CN=C(NCc1cccc(COCc2ccccc2)c1)NCc1ncc(C)s1.I. The first-order valence-corrected chi connectivity index (χ1v) is 10.1. The Morgan fingerprint density at radius 3 is 2.38 bits per heavy atom. The first-order chi connectivity index (χ1) is 13.7. The maximum atomic E-state index is 5.83. The predicted octanol–water partition coefficient (Wildman–Crippen LogP) is 4.65. The van der Waals surface area contributed by atoms with Crippen LogP contribution in [-0.2, 0) is 31.0 Å². The Morgan fingerprint density at radius 2 is 1.66 bits per heavy atom. The summed E-state index contributed by atoms with van der Waals surface area (Å²) in [7, 11) is 1.77. The highest BCUT2D eigenvalue weighted by Crippen LogP contribution is 2.11. The second-order valence-corrected chi connectivity index (χ2v) is 7.76. The van der Waals surface area contributed by atoms with E-state index < -0.39 is 0 Å². The summed E-state index contributed by atoms with van der Waals surface area (Å²) >= 11 is 1.69. The lowest BCUT2D eigenvalue weighted by atomic mass is 10.1. The molecular formula is C22H27IN4OS. The van der Waals surface area contributed by atoms with E-state index in [1.165, 1.54) is 16.0 Å². The maximum absolute atomic E-state index is 5.83. The van der Waals surface area contributed by atoms with E-state index in [0.29, 0.717) is 26.3 Å². The summed E-state index contributed by atoms with van der Waals surface area (Å²) in [5, 5.41) is 7.70. The van der Waals surface area contributed by atoms with Crippen molar-refractivity contribution in [3.05, 3.63) is 87.4 Å². The standard InChI is InChI=1S/C22H26N4OS.HI/c1-17-12-24-21(28-17)14-26-22(23-2)25-13-19-9-6-10-20(11-19)16-27-15-18-7-4-3-5-8-18;/h3-12H,13-16H2,1-2H3,(H2,23,25,26);1H. The second kappa shape index (κ2) is 12.6. The lowest BCUT2D eigenvalue weighted by Gasteiger charge is -2.12. The highest BCUT2D eigenvalue weighted by Gasteiger charge is 2.03. The number of guanidine groups is 1. The van der Waals surface area contributed by atoms with Crippen molar-refractivity contribution < 1.29 is 4.74 Å². The monoisotopic (exact) mass is 522 g/mol. The average Bonchev–Trinajstić information content (AvgIpc) is 3.14. The van der Waals surface area contributed by atoms with Gasteiger partial charge in [-0.2, -0.15) is 0 Å². The van der Waals surface area contributed by atoms with Crippen molar-refractivity contribution >= 4 is 41.3 Å². The van der Waals surface area contributed by atoms with E-state index in [1.807, 2.05) is 24.4 Å². The van der Waals surface area contributed by atoms with Gasteiger partial charge in [0.05, 0.1) is 19.8 Å². The molecule has 2 aromatic carbocycles. The third-order valence-electron chi connectivity index (χ3n) is 4.13. The number of aliphatic imine (C=N–C) groups is 1. The summed E-state index contributed by atoms with van der Waals surface area (Å²) in [5.74, 6) is 0.763. The molecule has 0 atom stereocenters. The van der Waals surface area contributed by atoms with Crippen molar-refractivity contribution in [3.63, 3.8) is 0 Å². The number of thiazole rings is 1. The summed E-state index contributed by atoms with van der Waals surface area (Å²) < 4.78 is 5.83. The van der Waals surface area contributed by atoms with Gasteiger partial charge in [-0.3, -0.25) is 4.99 Å². The topological polar surface area (TPSA) is 58.5 Å². The Kier molecular flexibility index (Phi) is 10.1. The molecule has 154 valence electrons. The molecule has 1 aromatic heterocycles. The molecule has 0 unspecified atom stereocenters. The van der Waals surface area contributed by atoms with Crippen molar-refractivity contribution in [1.82, 2.24) is 15.6 Å². The van der Waals surface area contributed by atoms with Gasteiger partial charge in [-0.05, 0) is 23.6 Å². The van der Waals surface area contributed by atoms with Crippen LogP contribution in [0.4, 0.5) is 0 Å². The first-order valence-electron chi connectivity index (χ1n) is 9.28. The van der Waals surface area contributed by atoms with E-state index in [0.717, 1.165) is 16.5 Å². The summed E-state index contributed by atoms with van der Waals surface area (Å²) in [4.78, 5) is 9.85. The minimum absolute atomic E-state index is 0. The average molecular weight is 522 g/mol. The van der Waals surface area contributed by atoms with Gasteiger partial charge in [0.2, 0.25) is 0 Å². The lowest BCUT2D eigenvalue weighted by Crippen LogP contribution is -2.36. The molecule has 0 spiro atoms. The molecule has 0 aliphatic rings. The van der Waals surface area contributed by atoms with Gasteiger partial charge in [-0.1, -0.05) is 54.6 Å². The number of rotatable bonds is 8. The number of nitrogens with zero attached hydrogens (tertiary/aromatic N) is 2. The fourth-order valence-corrected chi connectivity index (χ4v) is 3.47. The normalized spacial score (nSPS) is 11.0. The fourth-order valence-electron chi connectivity index (χ4n) is 2.74. The Morgan fingerprint density at radius 1 is 0.966 bits per heavy atom. The van der Waals surface area contributed by atoms with Gasteiger partial charge in [-0.15, -0.1) is 35.3 Å². The molecule has 5 nitrogen and oxygen atoms in total. The molecular weight excluding hydrogens is 495 g/mol. The largest absolute Gasteiger partial charge is 0.372 e. The third kappa shape index (κ3) is 8.12. The van der Waals surface area contributed by atoms with E-state index in [9.17, 15) is 0 Å². The third-order valence-corrected chi connectivity index (χ3v) is 5.04. The molecule has 7 heteroatoms. The molecule has 0 radical (unpaired) electrons. The van der Waals surface area contributed by atoms with Crippen LogP contribution in [0, 0.1) is 6.92 Å². The van der Waals surface area contributed by atoms with Crippen LogP contribution in [0.1, 0.15) is 26.6 Å². The Labute approximate surface area is 193 Å². The van der Waals surface area contributed by atoms with Gasteiger partial charge >= 0.3 is 0 Å². The van der Waals surface area contributed by atoms with E-state index >= 15 is 0 Å². The highest BCUT2D eigenvalue weighted by molar-refractivity contribution is 14.0. The molecule has 0 aliphatic carbocycles. The molecule has 1 heterocycles. The van der Waals surface area contributed by atoms with E-state index in [1.54, 1.807) is 18.4 Å². The van der Waals surface area contributed by atoms with Crippen LogP contribution >= 0.6 is 35.3 Å². The van der Waals surface area contributed by atoms with E-state index in [2.05, 4.69) is 63.9 Å². The zero-order chi connectivity index (χ0) is 19.6. The molecule has 0 aliphatic heterocycles. The van der Waals surface area contributed by atoms with Crippen LogP contribution in [0.3, 0.4) is 0 Å². The Bertz CT molecular complexity index is 899. The number of benzene rings is 2. The minimum Gasteiger partial charge on any atom is -0.372 e. The van der Waals surface area contributed by atoms with Crippen molar-refractivity contribution in [2.75, 3.05) is 7.05 Å². The second-order valence-electron chi connectivity index (χ2n) is 6.44. The number of nitrogens with one attached hydrogen (secondary N) is 2. The smallest absolute Gasteiger partial charge is 0.191 e. The molecule has 0 amide bonds. The van der Waals surface area contributed by atoms with Crippen LogP contribution in [0.2, 0.25) is 0 Å². The molecule has 3 aromatic rings. The van der Waals surface area contributed by atoms with Crippen LogP contribution in [0.5, 0.6) is 0 Å². The molecule has 29 heavy (non-hydrogen) atoms. The van der Waals surface area contributed by atoms with Gasteiger partial charge in [0, 0.05) is 24.7 Å².